The van der Waals surface area contributed by atoms with Gasteiger partial charge in [-0.25, -0.2) is 14.4 Å². The summed E-state index contributed by atoms with van der Waals surface area (Å²) in [6, 6.07) is 28.7. The van der Waals surface area contributed by atoms with Crippen LogP contribution < -0.4 is 5.32 Å². The number of hydrogen-bond donors (Lipinski definition) is 2. The Kier molecular flexibility index (Phi) is 14.5. The first-order valence-electron chi connectivity index (χ1n) is 17.0. The number of nitrogens with one attached hydrogen (secondary N) is 1. The predicted molar refractivity (Wildman–Crippen MR) is 196 cm³/mol. The van der Waals surface area contributed by atoms with Crippen LogP contribution in [0, 0.1) is 27.7 Å². The zero-order chi connectivity index (χ0) is 35.9. The van der Waals surface area contributed by atoms with Crippen LogP contribution >= 0.6 is 0 Å². The molecule has 9 nitrogen and oxygen atoms in total. The van der Waals surface area contributed by atoms with E-state index in [0.717, 1.165) is 59.2 Å². The van der Waals surface area contributed by atoms with Gasteiger partial charge in [-0.3, -0.25) is 0 Å². The molecule has 1 saturated carbocycles. The fourth-order valence-electron chi connectivity index (χ4n) is 6.03. The molecule has 0 heterocycles. The Hall–Kier alpha value is -5.08. The van der Waals surface area contributed by atoms with Crippen LogP contribution in [0.25, 0.3) is 0 Å². The van der Waals surface area contributed by atoms with Gasteiger partial charge in [-0.2, -0.15) is 4.99 Å². The lowest BCUT2D eigenvalue weighted by atomic mass is 9.94. The van der Waals surface area contributed by atoms with E-state index in [4.69, 9.17) is 9.47 Å². The normalized spacial score (nSPS) is 15.2. The second-order valence-electron chi connectivity index (χ2n) is 12.7. The second-order valence-corrected chi connectivity index (χ2v) is 12.7. The van der Waals surface area contributed by atoms with Gasteiger partial charge in [0.2, 0.25) is 6.08 Å². The summed E-state index contributed by atoms with van der Waals surface area (Å²) >= 11 is 0. The van der Waals surface area contributed by atoms with E-state index in [1.807, 2.05) is 93.6 Å². The number of para-hydroxylation sites is 2. The molecule has 2 unspecified atom stereocenters. The van der Waals surface area contributed by atoms with Gasteiger partial charge in [0, 0.05) is 18.8 Å². The molecule has 1 fully saturated rings. The predicted octanol–water partition coefficient (Wildman–Crippen LogP) is 8.85. The van der Waals surface area contributed by atoms with Gasteiger partial charge in [0.15, 0.2) is 0 Å². The van der Waals surface area contributed by atoms with Gasteiger partial charge in [-0.05, 0) is 93.3 Å². The average Bonchev–Trinajstić information content (AvgIpc) is 3.09. The number of isocyanates is 1. The molecule has 2 amide bonds. The largest absolute Gasteiger partial charge is 0.478 e. The molecule has 0 spiro atoms. The summed E-state index contributed by atoms with van der Waals surface area (Å²) in [6.07, 6.45) is 5.14. The number of carbonyl (C=O) groups excluding carboxylic acids is 2. The van der Waals surface area contributed by atoms with Crippen LogP contribution in [-0.4, -0.2) is 53.4 Å². The molecule has 0 aromatic heterocycles. The molecule has 4 aromatic carbocycles. The van der Waals surface area contributed by atoms with Crippen LogP contribution in [0.4, 0.5) is 16.2 Å². The second kappa shape index (κ2) is 19.2. The molecular formula is C41H47N3O6. The van der Waals surface area contributed by atoms with Crippen molar-refractivity contribution in [1.29, 1.82) is 0 Å². The standard InChI is InChI=1S/C33H40N2O5.C8H7NO/c1-23-9-6-12-26(19-23)21-35(33(38)34-30-16-5-4-10-24(30)2)17-18-39-28-14-8-15-29(20-28)40-22-27-13-7-11-25(3)31(27)32(36)37;1-7-4-2-3-5-8(7)9-6-10/h4-7,9-13,16,19,28-29H,8,14-15,17-18,20-22H2,1-3H3,(H,34,38)(H,36,37);2-5H,1H3. The molecule has 1 aliphatic carbocycles. The number of hydrogen-bond acceptors (Lipinski definition) is 6. The fraction of sp³-hybridized carbons (Fsp3) is 0.341. The van der Waals surface area contributed by atoms with Gasteiger partial charge in [0.1, 0.15) is 0 Å². The lowest BCUT2D eigenvalue weighted by Gasteiger charge is -2.30. The number of aromatic carboxylic acids is 1. The maximum absolute atomic E-state index is 13.3. The number of ether oxygens (including phenoxy) is 2. The highest BCUT2D eigenvalue weighted by molar-refractivity contribution is 5.91. The summed E-state index contributed by atoms with van der Waals surface area (Å²) in [5.74, 6) is -0.928. The number of rotatable bonds is 12. The molecule has 2 N–H and O–H groups in total. The highest BCUT2D eigenvalue weighted by atomic mass is 16.5. The number of urea groups is 1. The quantitative estimate of drug-likeness (QED) is 0.114. The topological polar surface area (TPSA) is 118 Å². The molecule has 1 aliphatic rings. The monoisotopic (exact) mass is 677 g/mol. The van der Waals surface area contributed by atoms with Crippen molar-refractivity contribution in [3.8, 4) is 0 Å². The van der Waals surface area contributed by atoms with Gasteiger partial charge in [-0.15, -0.1) is 0 Å². The average molecular weight is 678 g/mol. The zero-order valence-electron chi connectivity index (χ0n) is 29.4. The summed E-state index contributed by atoms with van der Waals surface area (Å²) < 4.78 is 12.4. The number of benzene rings is 4. The molecule has 4 aromatic rings. The number of carbonyl (C=O) groups is 2. The summed E-state index contributed by atoms with van der Waals surface area (Å²) in [5, 5.41) is 12.7. The minimum absolute atomic E-state index is 0.00802. The van der Waals surface area contributed by atoms with Crippen LogP contribution in [0.5, 0.6) is 0 Å². The Balaban J connectivity index is 0.000000482. The van der Waals surface area contributed by atoms with Crippen molar-refractivity contribution < 1.29 is 29.0 Å². The van der Waals surface area contributed by atoms with Gasteiger partial charge in [-0.1, -0.05) is 84.4 Å². The minimum atomic E-state index is -0.928. The maximum Gasteiger partial charge on any atom is 0.336 e. The molecule has 2 atom stereocenters. The van der Waals surface area contributed by atoms with E-state index >= 15 is 0 Å². The van der Waals surface area contributed by atoms with Crippen molar-refractivity contribution in [2.24, 2.45) is 4.99 Å². The van der Waals surface area contributed by atoms with E-state index in [2.05, 4.69) is 16.4 Å². The van der Waals surface area contributed by atoms with Gasteiger partial charge >= 0.3 is 12.0 Å². The third kappa shape index (κ3) is 11.5. The van der Waals surface area contributed by atoms with Gasteiger partial charge in [0.25, 0.3) is 0 Å². The Morgan fingerprint density at radius 3 is 2.24 bits per heavy atom. The van der Waals surface area contributed by atoms with Gasteiger partial charge < -0.3 is 24.8 Å². The third-order valence-corrected chi connectivity index (χ3v) is 8.75. The smallest absolute Gasteiger partial charge is 0.336 e. The van der Waals surface area contributed by atoms with E-state index in [1.165, 1.54) is 6.08 Å². The maximum atomic E-state index is 13.3. The summed E-state index contributed by atoms with van der Waals surface area (Å²) in [6.45, 7) is 9.37. The number of amides is 2. The highest BCUT2D eigenvalue weighted by Gasteiger charge is 2.25. The van der Waals surface area contributed by atoms with Crippen LogP contribution in [0.1, 0.15) is 69.4 Å². The summed E-state index contributed by atoms with van der Waals surface area (Å²) in [4.78, 5) is 40.1. The molecule has 0 bridgehead atoms. The van der Waals surface area contributed by atoms with Crippen molar-refractivity contribution in [3.05, 3.63) is 130 Å². The first kappa shape index (κ1) is 37.7. The fourth-order valence-corrected chi connectivity index (χ4v) is 6.03. The van der Waals surface area contributed by atoms with Crippen molar-refractivity contribution in [3.63, 3.8) is 0 Å². The van der Waals surface area contributed by atoms with E-state index in [0.29, 0.717) is 36.5 Å². The molecular weight excluding hydrogens is 630 g/mol. The van der Waals surface area contributed by atoms with E-state index in [9.17, 15) is 19.5 Å². The number of nitrogens with zero attached hydrogens (tertiary/aromatic N) is 2. The molecule has 262 valence electrons. The lowest BCUT2D eigenvalue weighted by Crippen LogP contribution is -2.38. The molecule has 50 heavy (non-hydrogen) atoms. The van der Waals surface area contributed by atoms with Crippen LogP contribution in [0.2, 0.25) is 0 Å². The SMILES string of the molecule is Cc1cccc(CN(CCOC2CCCC(OCc3cccc(C)c3C(=O)O)C2)C(=O)Nc2ccccc2C)c1.Cc1ccccc1N=C=O. The number of anilines is 1. The Morgan fingerprint density at radius 1 is 0.860 bits per heavy atom. The van der Waals surface area contributed by atoms with Gasteiger partial charge in [0.05, 0.1) is 36.7 Å². The third-order valence-electron chi connectivity index (χ3n) is 8.75. The van der Waals surface area contributed by atoms with Crippen molar-refractivity contribution in [2.45, 2.75) is 78.7 Å². The van der Waals surface area contributed by atoms with Crippen molar-refractivity contribution in [1.82, 2.24) is 4.90 Å². The number of carboxylic acid groups (broad SMARTS) is 1. The number of aliphatic imine (C=N–C) groups is 1. The summed E-state index contributed by atoms with van der Waals surface area (Å²) in [7, 11) is 0. The molecule has 0 radical (unpaired) electrons. The minimum Gasteiger partial charge on any atom is -0.478 e. The highest BCUT2D eigenvalue weighted by Crippen LogP contribution is 2.26. The number of aryl methyl sites for hydroxylation is 4. The van der Waals surface area contributed by atoms with Crippen LogP contribution in [0.15, 0.2) is 96.0 Å². The molecule has 0 saturated heterocycles. The zero-order valence-corrected chi connectivity index (χ0v) is 29.4. The number of carboxylic acids is 1. The van der Waals surface area contributed by atoms with E-state index in [-0.39, 0.29) is 24.8 Å². The van der Waals surface area contributed by atoms with Crippen molar-refractivity contribution in [2.75, 3.05) is 18.5 Å². The molecule has 0 aliphatic heterocycles. The van der Waals surface area contributed by atoms with Crippen molar-refractivity contribution >= 4 is 29.5 Å². The first-order valence-corrected chi connectivity index (χ1v) is 17.0. The lowest BCUT2D eigenvalue weighted by molar-refractivity contribution is -0.0524. The Labute approximate surface area is 295 Å². The molecule has 9 heteroatoms. The molecule has 5 rings (SSSR count). The first-order chi connectivity index (χ1) is 24.1. The van der Waals surface area contributed by atoms with E-state index < -0.39 is 5.97 Å². The Morgan fingerprint density at radius 2 is 1.54 bits per heavy atom. The van der Waals surface area contributed by atoms with Crippen LogP contribution in [0.3, 0.4) is 0 Å². The summed E-state index contributed by atoms with van der Waals surface area (Å²) in [5.41, 5.74) is 7.48. The van der Waals surface area contributed by atoms with E-state index in [1.54, 1.807) is 24.0 Å². The Bertz CT molecular complexity index is 1780. The van der Waals surface area contributed by atoms with Crippen LogP contribution in [-0.2, 0) is 27.4 Å².